The minimum absolute atomic E-state index is 0.654. The molecule has 0 unspecified atom stereocenters. The molecule has 9 rings (SSSR count). The molecule has 0 radical (unpaired) electrons. The van der Waals surface area contributed by atoms with Gasteiger partial charge in [-0.15, -0.1) is 0 Å². The van der Waals surface area contributed by atoms with Gasteiger partial charge in [0.25, 0.3) is 0 Å². The summed E-state index contributed by atoms with van der Waals surface area (Å²) in [6, 6.07) is 55.3. The number of hydrogen-bond donors (Lipinski definition) is 0. The monoisotopic (exact) mass is 620 g/mol. The molecule has 5 heteroatoms. The van der Waals surface area contributed by atoms with Crippen molar-refractivity contribution in [1.82, 2.24) is 9.55 Å². The number of ether oxygens (including phenoxy) is 1. The number of para-hydroxylation sites is 3. The fourth-order valence-electron chi connectivity index (χ4n) is 7.11. The largest absolute Gasteiger partial charge is 0.457 e. The summed E-state index contributed by atoms with van der Waals surface area (Å²) in [4.78, 5) is 9.39. The SMILES string of the molecule is CN1CN(c2cccc(Oc3ccc4c5ccccc5n(-c5ccccn5)c4c3)c2)c2ccccc2-c2ccccc2-c2ccccc21. The molecule has 1 aliphatic heterocycles. The van der Waals surface area contributed by atoms with Gasteiger partial charge in [-0.2, -0.15) is 0 Å². The first-order valence-corrected chi connectivity index (χ1v) is 16.2. The smallest absolute Gasteiger partial charge is 0.137 e. The molecule has 0 amide bonds. The van der Waals surface area contributed by atoms with E-state index in [0.29, 0.717) is 6.67 Å². The maximum Gasteiger partial charge on any atom is 0.137 e. The van der Waals surface area contributed by atoms with Crippen molar-refractivity contribution < 1.29 is 4.74 Å². The van der Waals surface area contributed by atoms with Crippen LogP contribution in [0.25, 0.3) is 49.9 Å². The molecular formula is C43H32N4O. The average Bonchev–Trinajstić information content (AvgIpc) is 3.49. The second kappa shape index (κ2) is 11.5. The topological polar surface area (TPSA) is 33.5 Å². The highest BCUT2D eigenvalue weighted by atomic mass is 16.5. The van der Waals surface area contributed by atoms with Crippen LogP contribution in [0.2, 0.25) is 0 Å². The lowest BCUT2D eigenvalue weighted by atomic mass is 9.92. The van der Waals surface area contributed by atoms with Crippen LogP contribution in [0.4, 0.5) is 17.1 Å². The summed E-state index contributed by atoms with van der Waals surface area (Å²) in [5.41, 5.74) is 10.4. The molecule has 0 saturated heterocycles. The van der Waals surface area contributed by atoms with Gasteiger partial charge in [0, 0.05) is 58.7 Å². The van der Waals surface area contributed by atoms with E-state index in [2.05, 4.69) is 160 Å². The summed E-state index contributed by atoms with van der Waals surface area (Å²) >= 11 is 0. The number of aromatic nitrogens is 2. The van der Waals surface area contributed by atoms with E-state index in [1.165, 1.54) is 33.3 Å². The Morgan fingerprint density at radius 3 is 1.96 bits per heavy atom. The second-order valence-electron chi connectivity index (χ2n) is 12.2. The standard InChI is InChI=1S/C43H32N4O/c1-45-29-46(40-21-8-5-18-36(40)34-16-3-2-15-33(34)35-17-4-7-20-39(35)45)30-13-12-14-31(27-30)48-32-24-25-38-37-19-6-9-22-41(37)47(42(38)28-32)43-23-10-11-26-44-43/h2-28H,29H2,1H3. The Morgan fingerprint density at radius 2 is 1.17 bits per heavy atom. The van der Waals surface area contributed by atoms with Crippen LogP contribution in [0.15, 0.2) is 164 Å². The van der Waals surface area contributed by atoms with Crippen molar-refractivity contribution in [3.05, 3.63) is 164 Å². The molecule has 5 nitrogen and oxygen atoms in total. The molecule has 2 aromatic heterocycles. The lowest BCUT2D eigenvalue weighted by Crippen LogP contribution is -2.32. The zero-order chi connectivity index (χ0) is 32.0. The van der Waals surface area contributed by atoms with Gasteiger partial charge in [0.1, 0.15) is 17.3 Å². The molecule has 3 heterocycles. The van der Waals surface area contributed by atoms with Gasteiger partial charge in [0.15, 0.2) is 0 Å². The highest BCUT2D eigenvalue weighted by molar-refractivity contribution is 6.09. The number of pyridine rings is 1. The first-order chi connectivity index (χ1) is 23.7. The van der Waals surface area contributed by atoms with Gasteiger partial charge in [0.05, 0.1) is 23.4 Å². The fourth-order valence-corrected chi connectivity index (χ4v) is 7.11. The number of fused-ring (bicyclic) bond motifs is 8. The maximum atomic E-state index is 6.64. The Labute approximate surface area is 279 Å². The molecule has 0 bridgehead atoms. The van der Waals surface area contributed by atoms with Crippen LogP contribution in [0.1, 0.15) is 0 Å². The van der Waals surface area contributed by atoms with Gasteiger partial charge in [0.2, 0.25) is 0 Å². The second-order valence-corrected chi connectivity index (χ2v) is 12.2. The number of hydrogen-bond acceptors (Lipinski definition) is 4. The van der Waals surface area contributed by atoms with Crippen molar-refractivity contribution >= 4 is 38.9 Å². The third-order valence-corrected chi connectivity index (χ3v) is 9.26. The number of nitrogens with zero attached hydrogens (tertiary/aromatic N) is 4. The van der Waals surface area contributed by atoms with Crippen LogP contribution in [0, 0.1) is 0 Å². The predicted octanol–water partition coefficient (Wildman–Crippen LogP) is 10.9. The molecular weight excluding hydrogens is 589 g/mol. The molecule has 48 heavy (non-hydrogen) atoms. The molecule has 8 aromatic rings. The van der Waals surface area contributed by atoms with Crippen LogP contribution in [-0.4, -0.2) is 23.3 Å². The van der Waals surface area contributed by atoms with Crippen LogP contribution in [-0.2, 0) is 0 Å². The zero-order valence-corrected chi connectivity index (χ0v) is 26.5. The van der Waals surface area contributed by atoms with E-state index in [1.54, 1.807) is 0 Å². The third-order valence-electron chi connectivity index (χ3n) is 9.26. The van der Waals surface area contributed by atoms with E-state index in [9.17, 15) is 0 Å². The van der Waals surface area contributed by atoms with Crippen molar-refractivity contribution in [3.8, 4) is 39.6 Å². The van der Waals surface area contributed by atoms with Crippen LogP contribution in [0.3, 0.4) is 0 Å². The van der Waals surface area contributed by atoms with Crippen molar-refractivity contribution in [2.75, 3.05) is 23.5 Å². The van der Waals surface area contributed by atoms with E-state index < -0.39 is 0 Å². The molecule has 0 spiro atoms. The van der Waals surface area contributed by atoms with E-state index in [1.807, 2.05) is 30.5 Å². The molecule has 0 atom stereocenters. The van der Waals surface area contributed by atoms with Gasteiger partial charge in [-0.1, -0.05) is 91.0 Å². The Kier molecular flexibility index (Phi) is 6.68. The molecule has 0 saturated carbocycles. The Bertz CT molecular complexity index is 2450. The fraction of sp³-hybridized carbons (Fsp3) is 0.0465. The highest BCUT2D eigenvalue weighted by Crippen LogP contribution is 2.45. The number of rotatable bonds is 4. The first kappa shape index (κ1) is 27.9. The van der Waals surface area contributed by atoms with Crippen LogP contribution >= 0.6 is 0 Å². The lowest BCUT2D eigenvalue weighted by molar-refractivity contribution is 0.483. The van der Waals surface area contributed by atoms with Gasteiger partial charge in [-0.05, 0) is 65.7 Å². The minimum Gasteiger partial charge on any atom is -0.457 e. The van der Waals surface area contributed by atoms with Crippen molar-refractivity contribution in [2.24, 2.45) is 0 Å². The minimum atomic E-state index is 0.654. The summed E-state index contributed by atoms with van der Waals surface area (Å²) in [7, 11) is 2.17. The lowest BCUT2D eigenvalue weighted by Gasteiger charge is -2.32. The first-order valence-electron chi connectivity index (χ1n) is 16.2. The number of benzene rings is 6. The van der Waals surface area contributed by atoms with Crippen molar-refractivity contribution in [1.29, 1.82) is 0 Å². The Hall–Kier alpha value is -6.33. The number of anilines is 3. The van der Waals surface area contributed by atoms with Gasteiger partial charge < -0.3 is 14.5 Å². The van der Waals surface area contributed by atoms with Gasteiger partial charge >= 0.3 is 0 Å². The summed E-state index contributed by atoms with van der Waals surface area (Å²) in [5, 5.41) is 2.35. The summed E-state index contributed by atoms with van der Waals surface area (Å²) in [5.74, 6) is 2.42. The zero-order valence-electron chi connectivity index (χ0n) is 26.5. The maximum absolute atomic E-state index is 6.64. The Morgan fingerprint density at radius 1 is 0.521 bits per heavy atom. The summed E-state index contributed by atoms with van der Waals surface area (Å²) in [6.07, 6.45) is 1.83. The van der Waals surface area contributed by atoms with Gasteiger partial charge in [-0.25, -0.2) is 4.98 Å². The highest BCUT2D eigenvalue weighted by Gasteiger charge is 2.23. The van der Waals surface area contributed by atoms with E-state index in [-0.39, 0.29) is 0 Å². The molecule has 0 aliphatic carbocycles. The molecule has 0 fully saturated rings. The third kappa shape index (κ3) is 4.67. The van der Waals surface area contributed by atoms with Crippen LogP contribution in [0.5, 0.6) is 11.5 Å². The normalized spacial score (nSPS) is 12.5. The molecule has 230 valence electrons. The average molecular weight is 621 g/mol. The Balaban J connectivity index is 1.14. The molecule has 6 aromatic carbocycles. The molecule has 0 N–H and O–H groups in total. The van der Waals surface area contributed by atoms with E-state index in [0.717, 1.165) is 45.1 Å². The van der Waals surface area contributed by atoms with Crippen LogP contribution < -0.4 is 14.5 Å². The predicted molar refractivity (Wildman–Crippen MR) is 198 cm³/mol. The van der Waals surface area contributed by atoms with Crippen molar-refractivity contribution in [2.45, 2.75) is 0 Å². The van der Waals surface area contributed by atoms with E-state index >= 15 is 0 Å². The van der Waals surface area contributed by atoms with E-state index in [4.69, 9.17) is 4.74 Å². The van der Waals surface area contributed by atoms with Crippen molar-refractivity contribution in [3.63, 3.8) is 0 Å². The quantitative estimate of drug-likeness (QED) is 0.196. The van der Waals surface area contributed by atoms with Gasteiger partial charge in [-0.3, -0.25) is 4.57 Å². The summed E-state index contributed by atoms with van der Waals surface area (Å²) < 4.78 is 8.85. The summed E-state index contributed by atoms with van der Waals surface area (Å²) in [6.45, 7) is 0.654. The molecule has 1 aliphatic rings.